The molecule has 3 rings (SSSR count). The molecule has 0 saturated carbocycles. The molecule has 2 heterocycles. The minimum atomic E-state index is 0.791. The molecule has 5 nitrogen and oxygen atoms in total. The molecular weight excluding hydrogens is 340 g/mol. The number of nitrogens with one attached hydrogen (secondary N) is 1. The lowest BCUT2D eigenvalue weighted by Crippen LogP contribution is -2.30. The zero-order valence-electron chi connectivity index (χ0n) is 14.0. The van der Waals surface area contributed by atoms with Gasteiger partial charge in [-0.2, -0.15) is 0 Å². The molecule has 0 aliphatic carbocycles. The van der Waals surface area contributed by atoms with Gasteiger partial charge in [0.1, 0.15) is 5.75 Å². The summed E-state index contributed by atoms with van der Waals surface area (Å²) in [4.78, 5) is 2.46. The quantitative estimate of drug-likeness (QED) is 0.782. The van der Waals surface area contributed by atoms with Crippen LogP contribution in [0.4, 0.5) is 10.8 Å². The first-order valence-corrected chi connectivity index (χ1v) is 9.68. The summed E-state index contributed by atoms with van der Waals surface area (Å²) >= 11 is 7.00. The van der Waals surface area contributed by atoms with Crippen LogP contribution in [0.25, 0.3) is 0 Å². The first kappa shape index (κ1) is 17.4. The third-order valence-corrected chi connectivity index (χ3v) is 5.45. The number of aromatic nitrogens is 2. The Bertz CT molecular complexity index is 687. The molecule has 1 aliphatic rings. The highest BCUT2D eigenvalue weighted by molar-refractivity contribution is 7.73. The summed E-state index contributed by atoms with van der Waals surface area (Å²) in [6.45, 7) is 3.07. The van der Waals surface area contributed by atoms with Crippen LogP contribution in [0.1, 0.15) is 32.1 Å². The molecule has 1 N–H and O–H groups in total. The van der Waals surface area contributed by atoms with E-state index in [1.165, 1.54) is 43.4 Å². The summed E-state index contributed by atoms with van der Waals surface area (Å²) in [5.41, 5.74) is 0.984. The van der Waals surface area contributed by atoms with Crippen molar-refractivity contribution in [2.75, 3.05) is 25.5 Å². The number of likely N-dealkylation sites (tertiary alicyclic amines) is 1. The maximum atomic E-state index is 5.49. The van der Waals surface area contributed by atoms with Crippen molar-refractivity contribution in [3.63, 3.8) is 0 Å². The number of methoxy groups -OCH3 is 1. The number of benzene rings is 1. The van der Waals surface area contributed by atoms with E-state index in [4.69, 9.17) is 17.0 Å². The standard InChI is InChI=1S/C17H24N4OS2/c1-22-15-9-7-14(8-10-15)18-16-19-21(17(23)24-16)13-20-11-5-3-2-4-6-12-20/h7-10H,2-6,11-13H2,1H3,(H,18,19). The smallest absolute Gasteiger partial charge is 0.209 e. The highest BCUT2D eigenvalue weighted by atomic mass is 32.1. The molecule has 0 amide bonds. The van der Waals surface area contributed by atoms with Crippen LogP contribution in [0.5, 0.6) is 5.75 Å². The average molecular weight is 365 g/mol. The van der Waals surface area contributed by atoms with Gasteiger partial charge < -0.3 is 10.1 Å². The second-order valence-electron chi connectivity index (χ2n) is 6.05. The molecule has 7 heteroatoms. The highest BCUT2D eigenvalue weighted by Crippen LogP contribution is 2.23. The van der Waals surface area contributed by atoms with Gasteiger partial charge in [-0.1, -0.05) is 30.6 Å². The maximum Gasteiger partial charge on any atom is 0.209 e. The van der Waals surface area contributed by atoms with Crippen LogP contribution in [-0.2, 0) is 6.67 Å². The number of hydrogen-bond donors (Lipinski definition) is 1. The first-order chi connectivity index (χ1) is 11.7. The molecule has 1 aromatic heterocycles. The fraction of sp³-hybridized carbons (Fsp3) is 0.529. The van der Waals surface area contributed by atoms with E-state index in [-0.39, 0.29) is 0 Å². The summed E-state index contributed by atoms with van der Waals surface area (Å²) in [6.07, 6.45) is 6.59. The second-order valence-corrected chi connectivity index (χ2v) is 7.68. The number of rotatable bonds is 5. The third kappa shape index (κ3) is 4.78. The Morgan fingerprint density at radius 3 is 2.46 bits per heavy atom. The molecule has 0 spiro atoms. The highest BCUT2D eigenvalue weighted by Gasteiger charge is 2.11. The largest absolute Gasteiger partial charge is 0.497 e. The lowest BCUT2D eigenvalue weighted by molar-refractivity contribution is 0.189. The predicted octanol–water partition coefficient (Wildman–Crippen LogP) is 4.65. The molecule has 0 radical (unpaired) electrons. The number of anilines is 2. The normalized spacial score (nSPS) is 16.4. The van der Waals surface area contributed by atoms with E-state index in [1.54, 1.807) is 7.11 Å². The zero-order chi connectivity index (χ0) is 16.8. The summed E-state index contributed by atoms with van der Waals surface area (Å²) < 4.78 is 7.93. The van der Waals surface area contributed by atoms with E-state index in [0.717, 1.165) is 40.3 Å². The topological polar surface area (TPSA) is 42.3 Å². The Morgan fingerprint density at radius 2 is 1.79 bits per heavy atom. The van der Waals surface area contributed by atoms with Gasteiger partial charge >= 0.3 is 0 Å². The van der Waals surface area contributed by atoms with E-state index in [1.807, 2.05) is 28.9 Å². The molecule has 0 bridgehead atoms. The van der Waals surface area contributed by atoms with Gasteiger partial charge in [-0.3, -0.25) is 4.90 Å². The van der Waals surface area contributed by atoms with E-state index < -0.39 is 0 Å². The molecule has 1 saturated heterocycles. The van der Waals surface area contributed by atoms with E-state index in [0.29, 0.717) is 0 Å². The number of hydrogen-bond acceptors (Lipinski definition) is 6. The van der Waals surface area contributed by atoms with Crippen molar-refractivity contribution in [3.8, 4) is 5.75 Å². The van der Waals surface area contributed by atoms with Crippen LogP contribution in [0.2, 0.25) is 0 Å². The molecule has 24 heavy (non-hydrogen) atoms. The number of nitrogens with zero attached hydrogens (tertiary/aromatic N) is 3. The summed E-state index contributed by atoms with van der Waals surface area (Å²) in [5.74, 6) is 0.843. The lowest BCUT2D eigenvalue weighted by Gasteiger charge is -2.23. The van der Waals surface area contributed by atoms with E-state index in [9.17, 15) is 0 Å². The van der Waals surface area contributed by atoms with Crippen LogP contribution in [-0.4, -0.2) is 34.9 Å². The first-order valence-electron chi connectivity index (χ1n) is 8.46. The summed E-state index contributed by atoms with van der Waals surface area (Å²) in [6, 6.07) is 7.81. The van der Waals surface area contributed by atoms with Gasteiger partial charge in [0.25, 0.3) is 0 Å². The predicted molar refractivity (Wildman–Crippen MR) is 102 cm³/mol. The minimum Gasteiger partial charge on any atom is -0.497 e. The van der Waals surface area contributed by atoms with Gasteiger partial charge in [0.15, 0.2) is 3.95 Å². The molecule has 2 aromatic rings. The third-order valence-electron chi connectivity index (χ3n) is 4.23. The Hall–Kier alpha value is -1.44. The van der Waals surface area contributed by atoms with Crippen molar-refractivity contribution in [2.45, 2.75) is 38.8 Å². The van der Waals surface area contributed by atoms with Gasteiger partial charge in [0, 0.05) is 5.69 Å². The van der Waals surface area contributed by atoms with Crippen molar-refractivity contribution < 1.29 is 4.74 Å². The van der Waals surface area contributed by atoms with Crippen molar-refractivity contribution >= 4 is 34.4 Å². The van der Waals surface area contributed by atoms with Crippen molar-refractivity contribution in [1.29, 1.82) is 0 Å². The fourth-order valence-electron chi connectivity index (χ4n) is 2.89. The molecule has 0 atom stereocenters. The van der Waals surface area contributed by atoms with Crippen LogP contribution in [0, 0.1) is 3.95 Å². The Morgan fingerprint density at radius 1 is 1.12 bits per heavy atom. The van der Waals surface area contributed by atoms with Gasteiger partial charge in [0.2, 0.25) is 5.13 Å². The van der Waals surface area contributed by atoms with Crippen LogP contribution >= 0.6 is 23.6 Å². The van der Waals surface area contributed by atoms with Crippen molar-refractivity contribution in [2.24, 2.45) is 0 Å². The monoisotopic (exact) mass is 364 g/mol. The number of ether oxygens (including phenoxy) is 1. The Labute approximate surface area is 152 Å². The molecule has 130 valence electrons. The van der Waals surface area contributed by atoms with Crippen LogP contribution in [0.3, 0.4) is 0 Å². The van der Waals surface area contributed by atoms with Gasteiger partial charge in [0.05, 0.1) is 13.8 Å². The van der Waals surface area contributed by atoms with Gasteiger partial charge in [-0.05, 0) is 62.4 Å². The Balaban J connectivity index is 1.64. The maximum absolute atomic E-state index is 5.49. The fourth-order valence-corrected chi connectivity index (χ4v) is 3.90. The van der Waals surface area contributed by atoms with Crippen LogP contribution in [0.15, 0.2) is 24.3 Å². The van der Waals surface area contributed by atoms with Crippen LogP contribution < -0.4 is 10.1 Å². The SMILES string of the molecule is COc1ccc(Nc2nn(CN3CCCCCCC3)c(=S)s2)cc1. The molecule has 1 aromatic carbocycles. The van der Waals surface area contributed by atoms with Gasteiger partial charge in [-0.25, -0.2) is 4.68 Å². The molecular formula is C17H24N4OS2. The molecule has 0 unspecified atom stereocenters. The summed E-state index contributed by atoms with van der Waals surface area (Å²) in [7, 11) is 1.67. The zero-order valence-corrected chi connectivity index (χ0v) is 15.7. The molecule has 1 aliphatic heterocycles. The van der Waals surface area contributed by atoms with Crippen molar-refractivity contribution in [1.82, 2.24) is 14.7 Å². The second kappa shape index (κ2) is 8.60. The van der Waals surface area contributed by atoms with E-state index in [2.05, 4.69) is 15.3 Å². The van der Waals surface area contributed by atoms with Gasteiger partial charge in [-0.15, -0.1) is 5.10 Å². The molecule has 1 fully saturated rings. The van der Waals surface area contributed by atoms with Crippen molar-refractivity contribution in [3.05, 3.63) is 28.2 Å². The average Bonchev–Trinajstić information content (AvgIpc) is 2.90. The van der Waals surface area contributed by atoms with E-state index >= 15 is 0 Å². The lowest BCUT2D eigenvalue weighted by atomic mass is 10.1. The Kier molecular flexibility index (Phi) is 6.23. The summed E-state index contributed by atoms with van der Waals surface area (Å²) in [5, 5.41) is 8.80. The minimum absolute atomic E-state index is 0.791.